The van der Waals surface area contributed by atoms with E-state index in [0.29, 0.717) is 17.2 Å². The summed E-state index contributed by atoms with van der Waals surface area (Å²) in [6.07, 6.45) is 0. The molecule has 0 aliphatic rings. The average molecular weight is 455 g/mol. The number of amides is 2. The van der Waals surface area contributed by atoms with Gasteiger partial charge in [0.25, 0.3) is 11.8 Å². The third-order valence-corrected chi connectivity index (χ3v) is 4.56. The van der Waals surface area contributed by atoms with E-state index in [9.17, 15) is 18.4 Å². The van der Waals surface area contributed by atoms with Crippen LogP contribution >= 0.6 is 0 Å². The predicted octanol–water partition coefficient (Wildman–Crippen LogP) is 4.31. The molecule has 0 unspecified atom stereocenters. The van der Waals surface area contributed by atoms with Gasteiger partial charge in [0.05, 0.1) is 7.11 Å². The lowest BCUT2D eigenvalue weighted by atomic mass is 10.2. The number of carbonyl (C=O) groups excluding carboxylic acids is 2. The number of anilines is 3. The molecule has 0 saturated heterocycles. The molecule has 7 nitrogen and oxygen atoms in total. The van der Waals surface area contributed by atoms with E-state index in [0.717, 1.165) is 12.1 Å². The molecule has 2 N–H and O–H groups in total. The molecule has 0 bridgehead atoms. The van der Waals surface area contributed by atoms with Crippen molar-refractivity contribution in [3.63, 3.8) is 0 Å². The van der Waals surface area contributed by atoms with Crippen molar-refractivity contribution in [1.82, 2.24) is 0 Å². The van der Waals surface area contributed by atoms with Crippen molar-refractivity contribution in [1.29, 1.82) is 0 Å². The quantitative estimate of drug-likeness (QED) is 0.529. The van der Waals surface area contributed by atoms with Gasteiger partial charge in [0.1, 0.15) is 17.2 Å². The highest BCUT2D eigenvalue weighted by atomic mass is 19.1. The van der Waals surface area contributed by atoms with Crippen LogP contribution in [0.25, 0.3) is 0 Å². The number of hydrogen-bond donors (Lipinski definition) is 2. The third-order valence-electron chi connectivity index (χ3n) is 4.56. The van der Waals surface area contributed by atoms with Gasteiger partial charge in [0.15, 0.2) is 18.2 Å². The maximum absolute atomic E-state index is 14.1. The minimum Gasteiger partial charge on any atom is -0.497 e. The molecule has 3 rings (SSSR count). The Morgan fingerprint density at radius 3 is 2.15 bits per heavy atom. The molecule has 0 aliphatic carbocycles. The Kier molecular flexibility index (Phi) is 7.45. The minimum atomic E-state index is -0.786. The van der Waals surface area contributed by atoms with E-state index in [4.69, 9.17) is 9.47 Å². The van der Waals surface area contributed by atoms with Gasteiger partial charge in [-0.25, -0.2) is 8.78 Å². The minimum absolute atomic E-state index is 0.00450. The van der Waals surface area contributed by atoms with Gasteiger partial charge < -0.3 is 25.0 Å². The number of ether oxygens (including phenoxy) is 2. The van der Waals surface area contributed by atoms with Gasteiger partial charge in [-0.2, -0.15) is 0 Å². The van der Waals surface area contributed by atoms with Gasteiger partial charge in [0.2, 0.25) is 0 Å². The summed E-state index contributed by atoms with van der Waals surface area (Å²) in [4.78, 5) is 25.8. The summed E-state index contributed by atoms with van der Waals surface area (Å²) in [5, 5.41) is 5.15. The molecule has 2 amide bonds. The third kappa shape index (κ3) is 6.19. The Labute approximate surface area is 189 Å². The standard InChI is InChI=1S/C24H23F2N3O4/c1-29(2)23-20(25)12-17(13-21(23)26)28-24(31)15-7-9-18(10-8-15)33-14-22(30)27-16-5-4-6-19(11-16)32-3/h4-13H,14H2,1-3H3,(H,27,30)(H,28,31). The van der Waals surface area contributed by atoms with Crippen LogP contribution in [0.1, 0.15) is 10.4 Å². The average Bonchev–Trinajstić information content (AvgIpc) is 2.77. The summed E-state index contributed by atoms with van der Waals surface area (Å²) in [5.41, 5.74) is 0.627. The zero-order valence-electron chi connectivity index (χ0n) is 18.3. The van der Waals surface area contributed by atoms with Gasteiger partial charge >= 0.3 is 0 Å². The molecule has 0 spiro atoms. The molecular weight excluding hydrogens is 432 g/mol. The summed E-state index contributed by atoms with van der Waals surface area (Å²) in [6.45, 7) is -0.237. The molecule has 0 aromatic heterocycles. The molecule has 172 valence electrons. The van der Waals surface area contributed by atoms with E-state index in [1.54, 1.807) is 24.3 Å². The van der Waals surface area contributed by atoms with Crippen LogP contribution in [0.2, 0.25) is 0 Å². The molecule has 0 aliphatic heterocycles. The van der Waals surface area contributed by atoms with Crippen molar-refractivity contribution in [3.05, 3.63) is 77.9 Å². The molecule has 0 fully saturated rings. The normalized spacial score (nSPS) is 10.3. The van der Waals surface area contributed by atoms with Crippen molar-refractivity contribution >= 4 is 28.9 Å². The molecule has 9 heteroatoms. The monoisotopic (exact) mass is 455 g/mol. The predicted molar refractivity (Wildman–Crippen MR) is 122 cm³/mol. The number of halogens is 2. The van der Waals surface area contributed by atoms with Crippen LogP contribution in [0.4, 0.5) is 25.8 Å². The van der Waals surface area contributed by atoms with E-state index >= 15 is 0 Å². The Morgan fingerprint density at radius 1 is 0.879 bits per heavy atom. The number of carbonyl (C=O) groups is 2. The Morgan fingerprint density at radius 2 is 1.55 bits per heavy atom. The Balaban J connectivity index is 1.56. The van der Waals surface area contributed by atoms with Crippen LogP contribution in [0.15, 0.2) is 60.7 Å². The Bertz CT molecular complexity index is 1130. The smallest absolute Gasteiger partial charge is 0.262 e. The lowest BCUT2D eigenvalue weighted by Gasteiger charge is -2.16. The van der Waals surface area contributed by atoms with Crippen molar-refractivity contribution in [2.75, 3.05) is 43.3 Å². The van der Waals surface area contributed by atoms with Crippen LogP contribution in [-0.4, -0.2) is 39.6 Å². The highest BCUT2D eigenvalue weighted by Crippen LogP contribution is 2.26. The second kappa shape index (κ2) is 10.4. The maximum Gasteiger partial charge on any atom is 0.262 e. The largest absolute Gasteiger partial charge is 0.497 e. The zero-order chi connectivity index (χ0) is 24.0. The van der Waals surface area contributed by atoms with E-state index in [2.05, 4.69) is 10.6 Å². The number of hydrogen-bond acceptors (Lipinski definition) is 5. The highest BCUT2D eigenvalue weighted by molar-refractivity contribution is 6.04. The fourth-order valence-corrected chi connectivity index (χ4v) is 3.02. The molecule has 0 saturated carbocycles. The summed E-state index contributed by atoms with van der Waals surface area (Å²) in [5.74, 6) is -1.50. The second-order valence-corrected chi connectivity index (χ2v) is 7.23. The molecule has 0 heterocycles. The summed E-state index contributed by atoms with van der Waals surface area (Å²) in [7, 11) is 4.57. The van der Waals surface area contributed by atoms with Gasteiger partial charge in [-0.1, -0.05) is 6.07 Å². The topological polar surface area (TPSA) is 79.9 Å². The van der Waals surface area contributed by atoms with E-state index in [-0.39, 0.29) is 29.5 Å². The van der Waals surface area contributed by atoms with E-state index < -0.39 is 17.5 Å². The van der Waals surface area contributed by atoms with Gasteiger partial charge in [-0.05, 0) is 48.5 Å². The fraction of sp³-hybridized carbons (Fsp3) is 0.167. The van der Waals surface area contributed by atoms with Crippen molar-refractivity contribution < 1.29 is 27.8 Å². The highest BCUT2D eigenvalue weighted by Gasteiger charge is 2.15. The first-order valence-electron chi connectivity index (χ1n) is 9.91. The number of nitrogens with zero attached hydrogens (tertiary/aromatic N) is 1. The Hall–Kier alpha value is -4.14. The van der Waals surface area contributed by atoms with Gasteiger partial charge in [-0.3, -0.25) is 9.59 Å². The molecule has 0 atom stereocenters. The van der Waals surface area contributed by atoms with Gasteiger partial charge in [0, 0.05) is 37.1 Å². The van der Waals surface area contributed by atoms with E-state index in [1.165, 1.54) is 50.4 Å². The molecule has 3 aromatic carbocycles. The lowest BCUT2D eigenvalue weighted by molar-refractivity contribution is -0.118. The summed E-state index contributed by atoms with van der Waals surface area (Å²) in [6, 6.07) is 15.0. The number of methoxy groups -OCH3 is 1. The summed E-state index contributed by atoms with van der Waals surface area (Å²) < 4.78 is 38.8. The first kappa shape index (κ1) is 23.5. The molecule has 33 heavy (non-hydrogen) atoms. The van der Waals surface area contributed by atoms with Crippen molar-refractivity contribution in [2.45, 2.75) is 0 Å². The van der Waals surface area contributed by atoms with Crippen LogP contribution in [0.3, 0.4) is 0 Å². The summed E-state index contributed by atoms with van der Waals surface area (Å²) >= 11 is 0. The first-order valence-corrected chi connectivity index (χ1v) is 9.91. The van der Waals surface area contributed by atoms with Crippen molar-refractivity contribution in [2.24, 2.45) is 0 Å². The maximum atomic E-state index is 14.1. The van der Waals surface area contributed by atoms with Crippen LogP contribution < -0.4 is 25.0 Å². The van der Waals surface area contributed by atoms with Crippen LogP contribution in [0, 0.1) is 11.6 Å². The van der Waals surface area contributed by atoms with Crippen LogP contribution in [-0.2, 0) is 4.79 Å². The van der Waals surface area contributed by atoms with Crippen molar-refractivity contribution in [3.8, 4) is 11.5 Å². The molecular formula is C24H23F2N3O4. The van der Waals surface area contributed by atoms with Crippen LogP contribution in [0.5, 0.6) is 11.5 Å². The fourth-order valence-electron chi connectivity index (χ4n) is 3.02. The first-order chi connectivity index (χ1) is 15.8. The van der Waals surface area contributed by atoms with E-state index in [1.807, 2.05) is 0 Å². The number of rotatable bonds is 8. The molecule has 3 aromatic rings. The number of benzene rings is 3. The zero-order valence-corrected chi connectivity index (χ0v) is 18.3. The lowest BCUT2D eigenvalue weighted by Crippen LogP contribution is -2.20. The SMILES string of the molecule is COc1cccc(NC(=O)COc2ccc(C(=O)Nc3cc(F)c(N(C)C)c(F)c3)cc2)c1. The number of nitrogens with one attached hydrogen (secondary N) is 2. The van der Waals surface area contributed by atoms with Gasteiger partial charge in [-0.15, -0.1) is 0 Å². The second-order valence-electron chi connectivity index (χ2n) is 7.23. The molecule has 0 radical (unpaired) electrons.